The van der Waals surface area contributed by atoms with Crippen LogP contribution in [0.3, 0.4) is 0 Å². The monoisotopic (exact) mass is 271 g/mol. The van der Waals surface area contributed by atoms with Gasteiger partial charge in [0.15, 0.2) is 0 Å². The number of hydrogen-bond donors (Lipinski definition) is 2. The van der Waals surface area contributed by atoms with Gasteiger partial charge in [0.1, 0.15) is 0 Å². The Morgan fingerprint density at radius 2 is 2.11 bits per heavy atom. The van der Waals surface area contributed by atoms with Gasteiger partial charge in [-0.15, -0.1) is 0 Å². The van der Waals surface area contributed by atoms with Gasteiger partial charge in [-0.2, -0.15) is 0 Å². The highest BCUT2D eigenvalue weighted by Gasteiger charge is 2.43. The van der Waals surface area contributed by atoms with Crippen LogP contribution in [0.5, 0.6) is 0 Å². The molecule has 1 saturated heterocycles. The van der Waals surface area contributed by atoms with Gasteiger partial charge >= 0.3 is 0 Å². The maximum absolute atomic E-state index is 10.4. The number of hydrogen-bond acceptors (Lipinski definition) is 4. The molecule has 2 atom stereocenters. The molecule has 2 unspecified atom stereocenters. The fourth-order valence-electron chi connectivity index (χ4n) is 3.52. The summed E-state index contributed by atoms with van der Waals surface area (Å²) in [5, 5.41) is 13.7. The van der Waals surface area contributed by atoms with E-state index in [1.807, 2.05) is 6.92 Å². The molecule has 0 amide bonds. The van der Waals surface area contributed by atoms with Crippen LogP contribution in [0.25, 0.3) is 0 Å². The maximum atomic E-state index is 10.4. The van der Waals surface area contributed by atoms with Crippen molar-refractivity contribution in [1.29, 1.82) is 0 Å². The lowest BCUT2D eigenvalue weighted by Crippen LogP contribution is -2.42. The maximum Gasteiger partial charge on any atom is 0.0768 e. The molecule has 0 aromatic carbocycles. The highest BCUT2D eigenvalue weighted by molar-refractivity contribution is 4.94. The molecule has 1 aliphatic carbocycles. The van der Waals surface area contributed by atoms with Crippen molar-refractivity contribution in [3.05, 3.63) is 0 Å². The van der Waals surface area contributed by atoms with Crippen molar-refractivity contribution < 1.29 is 14.6 Å². The summed E-state index contributed by atoms with van der Waals surface area (Å²) in [7, 11) is 1.69. The summed E-state index contributed by atoms with van der Waals surface area (Å²) in [6.07, 6.45) is 8.31. The summed E-state index contributed by atoms with van der Waals surface area (Å²) in [4.78, 5) is 0. The fraction of sp³-hybridized carbons (Fsp3) is 1.00. The summed E-state index contributed by atoms with van der Waals surface area (Å²) in [6.45, 7) is 3.96. The number of ether oxygens (including phenoxy) is 2. The average Bonchev–Trinajstić information content (AvgIpc) is 2.96. The summed E-state index contributed by atoms with van der Waals surface area (Å²) in [5.74, 6) is 0. The van der Waals surface area contributed by atoms with Crippen molar-refractivity contribution >= 4 is 0 Å². The zero-order chi connectivity index (χ0) is 13.8. The normalized spacial score (nSPS) is 28.9. The van der Waals surface area contributed by atoms with Gasteiger partial charge in [0.05, 0.1) is 23.9 Å². The Morgan fingerprint density at radius 1 is 1.37 bits per heavy atom. The van der Waals surface area contributed by atoms with Crippen LogP contribution in [0.2, 0.25) is 0 Å². The van der Waals surface area contributed by atoms with E-state index in [-0.39, 0.29) is 11.7 Å². The molecule has 4 nitrogen and oxygen atoms in total. The van der Waals surface area contributed by atoms with Gasteiger partial charge in [0, 0.05) is 26.6 Å². The molecule has 19 heavy (non-hydrogen) atoms. The van der Waals surface area contributed by atoms with Crippen LogP contribution in [0, 0.1) is 0 Å². The minimum absolute atomic E-state index is 0.171. The Balaban J connectivity index is 1.71. The molecule has 2 fully saturated rings. The smallest absolute Gasteiger partial charge is 0.0768 e. The lowest BCUT2D eigenvalue weighted by atomic mass is 9.94. The van der Waals surface area contributed by atoms with Gasteiger partial charge < -0.3 is 19.9 Å². The number of methoxy groups -OCH3 is 1. The van der Waals surface area contributed by atoms with Crippen molar-refractivity contribution in [1.82, 2.24) is 5.32 Å². The van der Waals surface area contributed by atoms with Crippen molar-refractivity contribution in [2.45, 2.75) is 69.2 Å². The molecule has 4 heteroatoms. The van der Waals surface area contributed by atoms with E-state index in [1.165, 1.54) is 32.1 Å². The van der Waals surface area contributed by atoms with Crippen LogP contribution in [0.1, 0.15) is 51.9 Å². The summed E-state index contributed by atoms with van der Waals surface area (Å²) in [5.41, 5.74) is -0.521. The number of rotatable bonds is 7. The molecular formula is C15H29NO3. The van der Waals surface area contributed by atoms with Gasteiger partial charge in [-0.3, -0.25) is 0 Å². The largest absolute Gasteiger partial charge is 0.389 e. The first-order valence-corrected chi connectivity index (χ1v) is 7.65. The first-order chi connectivity index (χ1) is 9.05. The Labute approximate surface area is 116 Å². The van der Waals surface area contributed by atoms with E-state index in [0.29, 0.717) is 13.2 Å². The van der Waals surface area contributed by atoms with Crippen LogP contribution >= 0.6 is 0 Å². The third-order valence-corrected chi connectivity index (χ3v) is 4.51. The molecule has 0 aromatic heterocycles. The molecule has 0 radical (unpaired) electrons. The third kappa shape index (κ3) is 4.42. The van der Waals surface area contributed by atoms with E-state index < -0.39 is 5.60 Å². The molecule has 1 heterocycles. The Hall–Kier alpha value is -0.160. The van der Waals surface area contributed by atoms with Crippen molar-refractivity contribution in [3.8, 4) is 0 Å². The molecule has 1 aliphatic heterocycles. The lowest BCUT2D eigenvalue weighted by Gasteiger charge is -2.29. The van der Waals surface area contributed by atoms with E-state index in [4.69, 9.17) is 9.47 Å². The van der Waals surface area contributed by atoms with Crippen molar-refractivity contribution in [2.75, 3.05) is 26.8 Å². The van der Waals surface area contributed by atoms with Crippen molar-refractivity contribution in [2.24, 2.45) is 0 Å². The van der Waals surface area contributed by atoms with Crippen LogP contribution in [-0.2, 0) is 9.47 Å². The summed E-state index contributed by atoms with van der Waals surface area (Å²) in [6, 6.07) is 0. The fourth-order valence-corrected chi connectivity index (χ4v) is 3.52. The van der Waals surface area contributed by atoms with Crippen LogP contribution < -0.4 is 5.32 Å². The quantitative estimate of drug-likeness (QED) is 0.694. The van der Waals surface area contributed by atoms with E-state index in [1.54, 1.807) is 7.11 Å². The van der Waals surface area contributed by atoms with Crippen LogP contribution in [-0.4, -0.2) is 49.2 Å². The van der Waals surface area contributed by atoms with Gasteiger partial charge in [-0.25, -0.2) is 0 Å². The van der Waals surface area contributed by atoms with Crippen LogP contribution in [0.4, 0.5) is 0 Å². The van der Waals surface area contributed by atoms with E-state index in [2.05, 4.69) is 5.32 Å². The van der Waals surface area contributed by atoms with Gasteiger partial charge in [-0.05, 0) is 32.6 Å². The Morgan fingerprint density at radius 3 is 2.79 bits per heavy atom. The second kappa shape index (κ2) is 6.53. The average molecular weight is 271 g/mol. The van der Waals surface area contributed by atoms with E-state index in [9.17, 15) is 5.11 Å². The molecule has 0 aromatic rings. The standard InChI is InChI=1S/C15H29NO3/c1-14(17,12-16-9-10-18-2)11-13-5-8-15(19-13)6-3-4-7-15/h13,16-17H,3-12H2,1-2H3. The predicted octanol–water partition coefficient (Wildman–Crippen LogP) is 1.86. The minimum Gasteiger partial charge on any atom is -0.389 e. The second-order valence-electron chi connectivity index (χ2n) is 6.54. The number of nitrogens with one attached hydrogen (secondary N) is 1. The predicted molar refractivity (Wildman–Crippen MR) is 75.3 cm³/mol. The number of aliphatic hydroxyl groups is 1. The highest BCUT2D eigenvalue weighted by atomic mass is 16.5. The van der Waals surface area contributed by atoms with Crippen LogP contribution in [0.15, 0.2) is 0 Å². The minimum atomic E-state index is -0.692. The van der Waals surface area contributed by atoms with E-state index in [0.717, 1.165) is 19.4 Å². The Bertz CT molecular complexity index is 275. The molecular weight excluding hydrogens is 242 g/mol. The zero-order valence-corrected chi connectivity index (χ0v) is 12.4. The molecule has 2 aliphatic rings. The SMILES string of the molecule is COCCNCC(C)(O)CC1CCC2(CCCC2)O1. The summed E-state index contributed by atoms with van der Waals surface area (Å²) < 4.78 is 11.2. The molecule has 0 bridgehead atoms. The molecule has 112 valence electrons. The van der Waals surface area contributed by atoms with Crippen molar-refractivity contribution in [3.63, 3.8) is 0 Å². The van der Waals surface area contributed by atoms with Gasteiger partial charge in [-0.1, -0.05) is 12.8 Å². The highest BCUT2D eigenvalue weighted by Crippen LogP contribution is 2.44. The van der Waals surface area contributed by atoms with Gasteiger partial charge in [0.2, 0.25) is 0 Å². The van der Waals surface area contributed by atoms with Gasteiger partial charge in [0.25, 0.3) is 0 Å². The molecule has 2 N–H and O–H groups in total. The molecule has 1 saturated carbocycles. The topological polar surface area (TPSA) is 50.7 Å². The Kier molecular flexibility index (Phi) is 5.23. The first-order valence-electron chi connectivity index (χ1n) is 7.65. The summed E-state index contributed by atoms with van der Waals surface area (Å²) >= 11 is 0. The molecule has 1 spiro atoms. The lowest BCUT2D eigenvalue weighted by molar-refractivity contribution is -0.0706. The van der Waals surface area contributed by atoms with E-state index >= 15 is 0 Å². The zero-order valence-electron chi connectivity index (χ0n) is 12.4. The third-order valence-electron chi connectivity index (χ3n) is 4.51. The second-order valence-corrected chi connectivity index (χ2v) is 6.54. The molecule has 2 rings (SSSR count). The first kappa shape index (κ1) is 15.2.